The highest BCUT2D eigenvalue weighted by Gasteiger charge is 2.34. The minimum atomic E-state index is -0.683. The van der Waals surface area contributed by atoms with Gasteiger partial charge in [-0.25, -0.2) is 9.59 Å². The van der Waals surface area contributed by atoms with Crippen molar-refractivity contribution < 1.29 is 23.5 Å². The fourth-order valence-electron chi connectivity index (χ4n) is 2.89. The minimum Gasteiger partial charge on any atom is -0.491 e. The number of urea groups is 1. The molecule has 0 saturated carbocycles. The molecule has 0 spiro atoms. The van der Waals surface area contributed by atoms with Crippen molar-refractivity contribution in [3.8, 4) is 5.75 Å². The number of amides is 2. The Hall–Kier alpha value is -3.22. The molecule has 2 N–H and O–H groups in total. The molecule has 1 unspecified atom stereocenters. The molecule has 142 valence electrons. The maximum atomic E-state index is 12.8. The molecular formula is C20H22N2O5. The van der Waals surface area contributed by atoms with Crippen LogP contribution in [0.1, 0.15) is 38.1 Å². The summed E-state index contributed by atoms with van der Waals surface area (Å²) < 4.78 is 16.4. The average Bonchev–Trinajstić information content (AvgIpc) is 3.12. The van der Waals surface area contributed by atoms with E-state index >= 15 is 0 Å². The van der Waals surface area contributed by atoms with Crippen molar-refractivity contribution in [3.63, 3.8) is 0 Å². The zero-order valence-electron chi connectivity index (χ0n) is 15.4. The lowest BCUT2D eigenvalue weighted by Crippen LogP contribution is -2.45. The second-order valence-electron chi connectivity index (χ2n) is 6.43. The third-order valence-electron chi connectivity index (χ3n) is 4.01. The largest absolute Gasteiger partial charge is 0.491 e. The van der Waals surface area contributed by atoms with Crippen LogP contribution in [0.4, 0.5) is 4.79 Å². The third kappa shape index (κ3) is 4.31. The summed E-state index contributed by atoms with van der Waals surface area (Å²) in [5, 5.41) is 5.42. The Kier molecular flexibility index (Phi) is 5.49. The zero-order chi connectivity index (χ0) is 19.4. The average molecular weight is 370 g/mol. The maximum absolute atomic E-state index is 12.8. The number of nitrogens with one attached hydrogen (secondary N) is 2. The lowest BCUT2D eigenvalue weighted by Gasteiger charge is -2.29. The number of carbonyl (C=O) groups excluding carboxylic acids is 2. The van der Waals surface area contributed by atoms with Gasteiger partial charge in [0.05, 0.1) is 24.0 Å². The number of hydrogen-bond donors (Lipinski definition) is 2. The van der Waals surface area contributed by atoms with E-state index in [1.165, 1.54) is 6.26 Å². The van der Waals surface area contributed by atoms with Crippen molar-refractivity contribution in [2.75, 3.05) is 0 Å². The smallest absolute Gasteiger partial charge is 0.338 e. The molecule has 27 heavy (non-hydrogen) atoms. The molecule has 2 aromatic rings. The van der Waals surface area contributed by atoms with E-state index in [9.17, 15) is 9.59 Å². The quantitative estimate of drug-likeness (QED) is 0.760. The summed E-state index contributed by atoms with van der Waals surface area (Å²) in [7, 11) is 0. The lowest BCUT2D eigenvalue weighted by atomic mass is 9.95. The van der Waals surface area contributed by atoms with Gasteiger partial charge in [0.25, 0.3) is 0 Å². The standard InChI is InChI=1S/C20H22N2O5/c1-12(2)27-16-9-5-4-8-15(16)18-17(13(3)21-20(24)22-18)19(23)26-11-14-7-6-10-25-14/h4-10,12,18H,11H2,1-3H3,(H2,21,22,24). The van der Waals surface area contributed by atoms with E-state index in [4.69, 9.17) is 13.9 Å². The van der Waals surface area contributed by atoms with Gasteiger partial charge in [0.2, 0.25) is 0 Å². The molecule has 7 nitrogen and oxygen atoms in total. The Morgan fingerprint density at radius 1 is 1.22 bits per heavy atom. The summed E-state index contributed by atoms with van der Waals surface area (Å²) >= 11 is 0. The fraction of sp³-hybridized carbons (Fsp3) is 0.300. The van der Waals surface area contributed by atoms with Gasteiger partial charge < -0.3 is 24.5 Å². The molecule has 1 aliphatic rings. The van der Waals surface area contributed by atoms with Crippen LogP contribution in [0.2, 0.25) is 0 Å². The van der Waals surface area contributed by atoms with Crippen molar-refractivity contribution in [2.24, 2.45) is 0 Å². The SMILES string of the molecule is CC1=C(C(=O)OCc2ccco2)C(c2ccccc2OC(C)C)NC(=O)N1. The van der Waals surface area contributed by atoms with Crippen molar-refractivity contribution >= 4 is 12.0 Å². The van der Waals surface area contributed by atoms with Crippen LogP contribution in [0.3, 0.4) is 0 Å². The number of carbonyl (C=O) groups is 2. The van der Waals surface area contributed by atoms with Gasteiger partial charge in [-0.2, -0.15) is 0 Å². The summed E-state index contributed by atoms with van der Waals surface area (Å²) in [5.74, 6) is 0.596. The van der Waals surface area contributed by atoms with Gasteiger partial charge in [-0.3, -0.25) is 0 Å². The molecule has 1 aliphatic heterocycles. The molecule has 1 aromatic carbocycles. The highest BCUT2D eigenvalue weighted by Crippen LogP contribution is 2.34. The van der Waals surface area contributed by atoms with Crippen LogP contribution in [-0.4, -0.2) is 18.1 Å². The molecule has 1 atom stereocenters. The number of furan rings is 1. The van der Waals surface area contributed by atoms with E-state index in [0.29, 0.717) is 28.3 Å². The summed E-state index contributed by atoms with van der Waals surface area (Å²) in [4.78, 5) is 24.8. The van der Waals surface area contributed by atoms with Crippen LogP contribution in [-0.2, 0) is 16.1 Å². The van der Waals surface area contributed by atoms with Crippen LogP contribution >= 0.6 is 0 Å². The zero-order valence-corrected chi connectivity index (χ0v) is 15.4. The molecule has 0 bridgehead atoms. The summed E-state index contributed by atoms with van der Waals surface area (Å²) in [6.45, 7) is 5.50. The van der Waals surface area contributed by atoms with Gasteiger partial charge in [-0.1, -0.05) is 18.2 Å². The number of ether oxygens (including phenoxy) is 2. The fourth-order valence-corrected chi connectivity index (χ4v) is 2.89. The first-order chi connectivity index (χ1) is 13.0. The molecule has 3 rings (SSSR count). The summed E-state index contributed by atoms with van der Waals surface area (Å²) in [6, 6.07) is 9.67. The molecule has 2 amide bonds. The third-order valence-corrected chi connectivity index (χ3v) is 4.01. The molecule has 0 aliphatic carbocycles. The number of hydrogen-bond acceptors (Lipinski definition) is 5. The van der Waals surface area contributed by atoms with Crippen LogP contribution in [0.25, 0.3) is 0 Å². The predicted octanol–water partition coefficient (Wildman–Crippen LogP) is 3.44. The molecular weight excluding hydrogens is 348 g/mol. The highest BCUT2D eigenvalue weighted by atomic mass is 16.5. The summed E-state index contributed by atoms with van der Waals surface area (Å²) in [5.41, 5.74) is 1.44. The Bertz CT molecular complexity index is 855. The van der Waals surface area contributed by atoms with E-state index in [2.05, 4.69) is 10.6 Å². The first-order valence-corrected chi connectivity index (χ1v) is 8.69. The van der Waals surface area contributed by atoms with Crippen LogP contribution in [0.15, 0.2) is 58.3 Å². The lowest BCUT2D eigenvalue weighted by molar-refractivity contribution is -0.141. The van der Waals surface area contributed by atoms with Crippen LogP contribution < -0.4 is 15.4 Å². The Morgan fingerprint density at radius 2 is 2.00 bits per heavy atom. The van der Waals surface area contributed by atoms with E-state index < -0.39 is 12.0 Å². The second kappa shape index (κ2) is 7.99. The molecule has 0 fully saturated rings. The van der Waals surface area contributed by atoms with Crippen LogP contribution in [0.5, 0.6) is 5.75 Å². The number of benzene rings is 1. The van der Waals surface area contributed by atoms with Gasteiger partial charge in [-0.15, -0.1) is 0 Å². The van der Waals surface area contributed by atoms with E-state index in [-0.39, 0.29) is 18.7 Å². The normalized spacial score (nSPS) is 16.7. The van der Waals surface area contributed by atoms with E-state index in [0.717, 1.165) is 0 Å². The van der Waals surface area contributed by atoms with Gasteiger partial charge in [-0.05, 0) is 39.0 Å². The predicted molar refractivity (Wildman–Crippen MR) is 97.8 cm³/mol. The molecule has 2 heterocycles. The first kappa shape index (κ1) is 18.6. The van der Waals surface area contributed by atoms with Gasteiger partial charge in [0.15, 0.2) is 0 Å². The Balaban J connectivity index is 1.91. The topological polar surface area (TPSA) is 89.8 Å². The Labute approximate surface area is 157 Å². The van der Waals surface area contributed by atoms with Gasteiger partial charge >= 0.3 is 12.0 Å². The van der Waals surface area contributed by atoms with Crippen molar-refractivity contribution in [3.05, 3.63) is 65.3 Å². The number of para-hydroxylation sites is 1. The minimum absolute atomic E-state index is 0.00736. The number of esters is 1. The monoisotopic (exact) mass is 370 g/mol. The van der Waals surface area contributed by atoms with Gasteiger partial charge in [0, 0.05) is 11.3 Å². The Morgan fingerprint density at radius 3 is 2.70 bits per heavy atom. The van der Waals surface area contributed by atoms with Gasteiger partial charge in [0.1, 0.15) is 18.1 Å². The van der Waals surface area contributed by atoms with Crippen molar-refractivity contribution in [1.29, 1.82) is 0 Å². The van der Waals surface area contributed by atoms with Crippen LogP contribution in [0, 0.1) is 0 Å². The summed E-state index contributed by atoms with van der Waals surface area (Å²) in [6.07, 6.45) is 1.46. The van der Waals surface area contributed by atoms with E-state index in [1.54, 1.807) is 19.1 Å². The first-order valence-electron chi connectivity index (χ1n) is 8.69. The maximum Gasteiger partial charge on any atom is 0.338 e. The highest BCUT2D eigenvalue weighted by molar-refractivity contribution is 5.95. The molecule has 1 aromatic heterocycles. The number of allylic oxidation sites excluding steroid dienone is 1. The molecule has 0 radical (unpaired) electrons. The van der Waals surface area contributed by atoms with Crippen molar-refractivity contribution in [1.82, 2.24) is 10.6 Å². The van der Waals surface area contributed by atoms with E-state index in [1.807, 2.05) is 38.1 Å². The molecule has 0 saturated heterocycles. The second-order valence-corrected chi connectivity index (χ2v) is 6.43. The van der Waals surface area contributed by atoms with Crippen molar-refractivity contribution in [2.45, 2.75) is 39.5 Å². The number of rotatable bonds is 6. The molecule has 7 heteroatoms.